The van der Waals surface area contributed by atoms with E-state index in [-0.39, 0.29) is 11.8 Å². The van der Waals surface area contributed by atoms with Gasteiger partial charge in [0.2, 0.25) is 0 Å². The second-order valence-electron chi connectivity index (χ2n) is 6.40. The van der Waals surface area contributed by atoms with Crippen molar-refractivity contribution in [3.63, 3.8) is 0 Å². The van der Waals surface area contributed by atoms with E-state index < -0.39 is 16.5 Å². The zero-order chi connectivity index (χ0) is 19.6. The van der Waals surface area contributed by atoms with Crippen molar-refractivity contribution in [3.05, 3.63) is 53.1 Å². The Balaban J connectivity index is 1.57. The molecule has 2 aromatic rings. The summed E-state index contributed by atoms with van der Waals surface area (Å²) in [4.78, 5) is 19.2. The monoisotopic (exact) mass is 404 g/mol. The van der Waals surface area contributed by atoms with Gasteiger partial charge in [-0.15, -0.1) is 10.6 Å². The van der Waals surface area contributed by atoms with Crippen LogP contribution in [0.25, 0.3) is 0 Å². The van der Waals surface area contributed by atoms with E-state index in [2.05, 4.69) is 20.7 Å². The predicted octanol–water partition coefficient (Wildman–Crippen LogP) is 2.96. The van der Waals surface area contributed by atoms with Gasteiger partial charge in [-0.3, -0.25) is 19.0 Å². The maximum Gasteiger partial charge on any atom is 0.279 e. The summed E-state index contributed by atoms with van der Waals surface area (Å²) in [5.74, 6) is -0.0548. The van der Waals surface area contributed by atoms with E-state index in [0.717, 1.165) is 0 Å². The van der Waals surface area contributed by atoms with Gasteiger partial charge in [0.05, 0.1) is 24.3 Å². The third kappa shape index (κ3) is 4.09. The average molecular weight is 404 g/mol. The number of carbonyl (C=O) groups is 1. The van der Waals surface area contributed by atoms with Crippen LogP contribution in [0, 0.1) is 0 Å². The SMILES string of the molecule is O=C(Nc1ccn[nH]1)C(=NO[C@@H]1CCOC1)c1ccc(S(O)(O)C2=CC2)cc1. The Morgan fingerprint density at radius 1 is 1.32 bits per heavy atom. The smallest absolute Gasteiger partial charge is 0.279 e. The van der Waals surface area contributed by atoms with E-state index in [4.69, 9.17) is 9.57 Å². The number of anilines is 1. The zero-order valence-corrected chi connectivity index (χ0v) is 15.7. The van der Waals surface area contributed by atoms with Crippen LogP contribution in [0.15, 0.2) is 57.6 Å². The maximum absolute atomic E-state index is 12.7. The molecule has 0 radical (unpaired) electrons. The summed E-state index contributed by atoms with van der Waals surface area (Å²) in [5, 5.41) is 13.2. The maximum atomic E-state index is 12.7. The summed E-state index contributed by atoms with van der Waals surface area (Å²) >= 11 is 0. The fourth-order valence-corrected chi connectivity index (χ4v) is 4.05. The van der Waals surface area contributed by atoms with Crippen molar-refractivity contribution in [1.29, 1.82) is 0 Å². The second-order valence-corrected chi connectivity index (χ2v) is 8.50. The van der Waals surface area contributed by atoms with Crippen molar-refractivity contribution < 1.29 is 23.5 Å². The van der Waals surface area contributed by atoms with Crippen molar-refractivity contribution in [3.8, 4) is 0 Å². The van der Waals surface area contributed by atoms with Crippen LogP contribution in [0.2, 0.25) is 0 Å². The van der Waals surface area contributed by atoms with Crippen LogP contribution in [0.5, 0.6) is 0 Å². The first-order valence-electron chi connectivity index (χ1n) is 8.74. The molecule has 1 fully saturated rings. The molecule has 28 heavy (non-hydrogen) atoms. The molecule has 4 rings (SSSR count). The molecule has 1 aliphatic carbocycles. The molecular weight excluding hydrogens is 384 g/mol. The number of H-pyrrole nitrogens is 1. The molecule has 0 saturated carbocycles. The average Bonchev–Trinajstić information content (AvgIpc) is 3.20. The molecule has 148 valence electrons. The third-order valence-corrected chi connectivity index (χ3v) is 6.33. The summed E-state index contributed by atoms with van der Waals surface area (Å²) in [6.45, 7) is 1.02. The second kappa shape index (κ2) is 7.76. The number of ether oxygens (including phenoxy) is 1. The molecule has 1 aromatic carbocycles. The zero-order valence-electron chi connectivity index (χ0n) is 14.9. The summed E-state index contributed by atoms with van der Waals surface area (Å²) < 4.78 is 25.8. The van der Waals surface area contributed by atoms with Gasteiger partial charge in [-0.05, 0) is 12.1 Å². The fourth-order valence-electron chi connectivity index (χ4n) is 2.68. The number of nitrogens with zero attached hydrogens (tertiary/aromatic N) is 2. The number of oxime groups is 1. The van der Waals surface area contributed by atoms with Crippen LogP contribution < -0.4 is 5.32 Å². The molecule has 2 heterocycles. The van der Waals surface area contributed by atoms with E-state index in [1.807, 2.05) is 0 Å². The van der Waals surface area contributed by atoms with E-state index in [1.165, 1.54) is 6.20 Å². The first kappa shape index (κ1) is 18.7. The van der Waals surface area contributed by atoms with E-state index in [0.29, 0.717) is 47.2 Å². The molecule has 0 spiro atoms. The summed E-state index contributed by atoms with van der Waals surface area (Å²) in [6, 6.07) is 8.02. The van der Waals surface area contributed by atoms with Crippen molar-refractivity contribution in [2.45, 2.75) is 23.8 Å². The number of aromatic amines is 1. The Morgan fingerprint density at radius 2 is 2.11 bits per heavy atom. The van der Waals surface area contributed by atoms with Crippen LogP contribution in [0.1, 0.15) is 18.4 Å². The quantitative estimate of drug-likeness (QED) is 0.415. The minimum absolute atomic E-state index is 0.0650. The highest BCUT2D eigenvalue weighted by Gasteiger charge is 2.27. The number of amides is 1. The molecule has 2 aliphatic rings. The largest absolute Gasteiger partial charge is 0.389 e. The number of nitrogens with one attached hydrogen (secondary N) is 2. The van der Waals surface area contributed by atoms with Gasteiger partial charge < -0.3 is 14.9 Å². The number of allylic oxidation sites excluding steroid dienone is 2. The Bertz CT molecular complexity index is 903. The van der Waals surface area contributed by atoms with Crippen molar-refractivity contribution in [2.75, 3.05) is 18.5 Å². The normalized spacial score (nSPS) is 19.9. The number of hydrogen-bond donors (Lipinski definition) is 4. The van der Waals surface area contributed by atoms with E-state index in [9.17, 15) is 13.9 Å². The van der Waals surface area contributed by atoms with Crippen LogP contribution in [0.3, 0.4) is 0 Å². The summed E-state index contributed by atoms with van der Waals surface area (Å²) in [5.41, 5.74) is 0.551. The molecule has 4 N–H and O–H groups in total. The highest BCUT2D eigenvalue weighted by molar-refractivity contribution is 8.27. The highest BCUT2D eigenvalue weighted by atomic mass is 32.3. The van der Waals surface area contributed by atoms with Crippen LogP contribution >= 0.6 is 10.6 Å². The first-order chi connectivity index (χ1) is 13.5. The Labute approximate surface area is 162 Å². The van der Waals surface area contributed by atoms with Gasteiger partial charge in [-0.25, -0.2) is 0 Å². The van der Waals surface area contributed by atoms with Crippen molar-refractivity contribution >= 4 is 28.0 Å². The van der Waals surface area contributed by atoms with Crippen molar-refractivity contribution in [1.82, 2.24) is 10.2 Å². The highest BCUT2D eigenvalue weighted by Crippen LogP contribution is 2.61. The molecule has 0 bridgehead atoms. The van der Waals surface area contributed by atoms with Gasteiger partial charge in [0.25, 0.3) is 5.91 Å². The molecule has 0 unspecified atom stereocenters. The molecule has 9 nitrogen and oxygen atoms in total. The lowest BCUT2D eigenvalue weighted by molar-refractivity contribution is -0.110. The van der Waals surface area contributed by atoms with Crippen LogP contribution in [0.4, 0.5) is 5.82 Å². The standard InChI is InChI=1S/C18H20N4O5S/c23-18(20-16-7-9-19-21-16)17(22-27-13-8-10-26-11-13)12-1-3-14(4-2-12)28(24,25)15-5-6-15/h1-5,7,9,13,24-25H,6,8,10-11H2,(H2,19,20,21,23)/t13-/m1/s1. The Kier molecular flexibility index (Phi) is 5.18. The van der Waals surface area contributed by atoms with Gasteiger partial charge >= 0.3 is 0 Å². The lowest BCUT2D eigenvalue weighted by Gasteiger charge is -2.30. The Hall–Kier alpha value is -2.66. The summed E-state index contributed by atoms with van der Waals surface area (Å²) in [6.07, 6.45) is 4.41. The van der Waals surface area contributed by atoms with E-state index >= 15 is 0 Å². The van der Waals surface area contributed by atoms with Gasteiger partial charge in [0.15, 0.2) is 11.8 Å². The topological polar surface area (TPSA) is 129 Å². The van der Waals surface area contributed by atoms with Gasteiger partial charge in [0.1, 0.15) is 5.82 Å². The molecular formula is C18H20N4O5S. The van der Waals surface area contributed by atoms with E-state index in [1.54, 1.807) is 36.4 Å². The van der Waals surface area contributed by atoms with Gasteiger partial charge in [-0.2, -0.15) is 5.10 Å². The van der Waals surface area contributed by atoms with Crippen molar-refractivity contribution in [2.24, 2.45) is 5.16 Å². The summed E-state index contributed by atoms with van der Waals surface area (Å²) in [7, 11) is -2.94. The fraction of sp³-hybridized carbons (Fsp3) is 0.278. The minimum atomic E-state index is -2.94. The van der Waals surface area contributed by atoms with Crippen LogP contribution in [-0.2, 0) is 14.4 Å². The van der Waals surface area contributed by atoms with Gasteiger partial charge in [-0.1, -0.05) is 23.4 Å². The Morgan fingerprint density at radius 3 is 2.71 bits per heavy atom. The third-order valence-electron chi connectivity index (χ3n) is 4.34. The predicted molar refractivity (Wildman–Crippen MR) is 104 cm³/mol. The number of aromatic nitrogens is 2. The molecule has 1 amide bonds. The van der Waals surface area contributed by atoms with Gasteiger partial charge in [0, 0.05) is 29.4 Å². The number of benzene rings is 1. The molecule has 10 heteroatoms. The lowest BCUT2D eigenvalue weighted by Crippen LogP contribution is -2.25. The number of hydrogen-bond acceptors (Lipinski definition) is 7. The first-order valence-corrected chi connectivity index (χ1v) is 10.3. The van der Waals surface area contributed by atoms with Crippen LogP contribution in [-0.4, -0.2) is 50.2 Å². The number of rotatable bonds is 7. The molecule has 1 atom stereocenters. The minimum Gasteiger partial charge on any atom is -0.389 e. The molecule has 1 aromatic heterocycles. The number of carbonyl (C=O) groups excluding carboxylic acids is 1. The molecule has 1 saturated heterocycles. The lowest BCUT2D eigenvalue weighted by atomic mass is 10.1. The molecule has 1 aliphatic heterocycles.